The summed E-state index contributed by atoms with van der Waals surface area (Å²) in [5.41, 5.74) is 7.93. The first-order valence-electron chi connectivity index (χ1n) is 6.18. The van der Waals surface area contributed by atoms with E-state index in [1.807, 2.05) is 6.07 Å². The second-order valence-corrected chi connectivity index (χ2v) is 5.64. The van der Waals surface area contributed by atoms with Crippen LogP contribution in [0.3, 0.4) is 0 Å². The van der Waals surface area contributed by atoms with Gasteiger partial charge in [-0.3, -0.25) is 0 Å². The average molecular weight is 274 g/mol. The van der Waals surface area contributed by atoms with Crippen LogP contribution in [-0.4, -0.2) is 12.1 Å². The fourth-order valence-electron chi connectivity index (χ4n) is 1.66. The van der Waals surface area contributed by atoms with Gasteiger partial charge < -0.3 is 10.5 Å². The van der Waals surface area contributed by atoms with E-state index >= 15 is 0 Å². The number of benzene rings is 1. The zero-order valence-corrected chi connectivity index (χ0v) is 12.2. The number of anilines is 1. The first-order chi connectivity index (χ1) is 9.10. The molecule has 0 fully saturated rings. The minimum absolute atomic E-state index is 0.541. The van der Waals surface area contributed by atoms with Crippen molar-refractivity contribution in [1.29, 1.82) is 0 Å². The molecule has 0 aliphatic carbocycles. The number of ether oxygens (including phenoxy) is 1. The van der Waals surface area contributed by atoms with Gasteiger partial charge in [0, 0.05) is 11.0 Å². The highest BCUT2D eigenvalue weighted by Crippen LogP contribution is 2.32. The van der Waals surface area contributed by atoms with Crippen LogP contribution >= 0.6 is 11.8 Å². The highest BCUT2D eigenvalue weighted by atomic mass is 32.2. The largest absolute Gasteiger partial charge is 0.481 e. The first kappa shape index (κ1) is 13.7. The molecule has 0 amide bonds. The van der Waals surface area contributed by atoms with Crippen LogP contribution < -0.4 is 10.5 Å². The maximum Gasteiger partial charge on any atom is 0.214 e. The molecule has 0 saturated heterocycles. The van der Waals surface area contributed by atoms with Crippen molar-refractivity contribution in [2.45, 2.75) is 29.7 Å². The molecule has 0 aliphatic rings. The third-order valence-electron chi connectivity index (χ3n) is 2.83. The Morgan fingerprint density at radius 2 is 1.79 bits per heavy atom. The smallest absolute Gasteiger partial charge is 0.214 e. The molecule has 0 atom stereocenters. The molecule has 0 saturated carbocycles. The van der Waals surface area contributed by atoms with Gasteiger partial charge in [-0.15, -0.1) is 0 Å². The van der Waals surface area contributed by atoms with E-state index in [2.05, 4.69) is 43.1 Å². The first-order valence-corrected chi connectivity index (χ1v) is 7.00. The molecular formula is C15H18N2OS. The van der Waals surface area contributed by atoms with Crippen LogP contribution in [0, 0.1) is 0 Å². The topological polar surface area (TPSA) is 48.1 Å². The Morgan fingerprint density at radius 3 is 2.37 bits per heavy atom. The standard InChI is InChI=1S/C15H18N2OS/c1-10(2)11-4-6-12(7-5-11)19-15-13(16)8-9-14(17-15)18-3/h4-10H,16H2,1-3H3. The lowest BCUT2D eigenvalue weighted by Gasteiger charge is -2.08. The Hall–Kier alpha value is -1.68. The fourth-order valence-corrected chi connectivity index (χ4v) is 2.48. The van der Waals surface area contributed by atoms with E-state index in [0.29, 0.717) is 17.5 Å². The second kappa shape index (κ2) is 5.97. The summed E-state index contributed by atoms with van der Waals surface area (Å²) >= 11 is 1.55. The van der Waals surface area contributed by atoms with E-state index in [4.69, 9.17) is 10.5 Å². The van der Waals surface area contributed by atoms with Gasteiger partial charge in [-0.2, -0.15) is 0 Å². The summed E-state index contributed by atoms with van der Waals surface area (Å²) in [4.78, 5) is 5.48. The molecule has 4 heteroatoms. The van der Waals surface area contributed by atoms with E-state index in [0.717, 1.165) is 9.92 Å². The van der Waals surface area contributed by atoms with E-state index in [1.165, 1.54) is 5.56 Å². The molecule has 3 nitrogen and oxygen atoms in total. The predicted molar refractivity (Wildman–Crippen MR) is 79.9 cm³/mol. The molecule has 2 aromatic rings. The molecule has 1 heterocycles. The maximum atomic E-state index is 5.93. The summed E-state index contributed by atoms with van der Waals surface area (Å²) in [6, 6.07) is 12.1. The van der Waals surface area contributed by atoms with Crippen molar-refractivity contribution in [3.8, 4) is 5.88 Å². The van der Waals surface area contributed by atoms with Gasteiger partial charge in [-0.25, -0.2) is 4.98 Å². The number of methoxy groups -OCH3 is 1. The van der Waals surface area contributed by atoms with E-state index < -0.39 is 0 Å². The molecule has 100 valence electrons. The van der Waals surface area contributed by atoms with Crippen LogP contribution in [0.25, 0.3) is 0 Å². The summed E-state index contributed by atoms with van der Waals surface area (Å²) in [7, 11) is 1.60. The van der Waals surface area contributed by atoms with Crippen LogP contribution in [0.4, 0.5) is 5.69 Å². The van der Waals surface area contributed by atoms with Gasteiger partial charge in [-0.1, -0.05) is 37.7 Å². The average Bonchev–Trinajstić information content (AvgIpc) is 2.42. The summed E-state index contributed by atoms with van der Waals surface area (Å²) < 4.78 is 5.12. The molecule has 0 unspecified atom stereocenters. The minimum atomic E-state index is 0.541. The third kappa shape index (κ3) is 3.41. The van der Waals surface area contributed by atoms with E-state index in [1.54, 1.807) is 24.9 Å². The zero-order chi connectivity index (χ0) is 13.8. The monoisotopic (exact) mass is 274 g/mol. The molecule has 0 bridgehead atoms. The van der Waals surface area contributed by atoms with Crippen molar-refractivity contribution in [1.82, 2.24) is 4.98 Å². The Balaban J connectivity index is 2.20. The van der Waals surface area contributed by atoms with Crippen molar-refractivity contribution in [3.05, 3.63) is 42.0 Å². The summed E-state index contributed by atoms with van der Waals surface area (Å²) in [6.07, 6.45) is 0. The van der Waals surface area contributed by atoms with Gasteiger partial charge in [-0.05, 0) is 29.7 Å². The Labute approximate surface area is 118 Å². The molecule has 1 aromatic heterocycles. The third-order valence-corrected chi connectivity index (χ3v) is 3.86. The Morgan fingerprint density at radius 1 is 1.11 bits per heavy atom. The van der Waals surface area contributed by atoms with Crippen molar-refractivity contribution in [3.63, 3.8) is 0 Å². The number of hydrogen-bond donors (Lipinski definition) is 1. The van der Waals surface area contributed by atoms with Crippen LogP contribution in [0.2, 0.25) is 0 Å². The molecular weight excluding hydrogens is 256 g/mol. The lowest BCUT2D eigenvalue weighted by Crippen LogP contribution is -1.95. The van der Waals surface area contributed by atoms with Gasteiger partial charge in [0.2, 0.25) is 5.88 Å². The van der Waals surface area contributed by atoms with Crippen LogP contribution in [0.5, 0.6) is 5.88 Å². The summed E-state index contributed by atoms with van der Waals surface area (Å²) in [6.45, 7) is 4.37. The van der Waals surface area contributed by atoms with Gasteiger partial charge >= 0.3 is 0 Å². The number of nitrogens with two attached hydrogens (primary N) is 1. The van der Waals surface area contributed by atoms with Crippen LogP contribution in [0.1, 0.15) is 25.3 Å². The maximum absolute atomic E-state index is 5.93. The van der Waals surface area contributed by atoms with Gasteiger partial charge in [0.25, 0.3) is 0 Å². The molecule has 0 spiro atoms. The summed E-state index contributed by atoms with van der Waals surface area (Å²) in [5.74, 6) is 1.12. The van der Waals surface area contributed by atoms with E-state index in [-0.39, 0.29) is 0 Å². The number of aromatic nitrogens is 1. The van der Waals surface area contributed by atoms with Crippen LogP contribution in [0.15, 0.2) is 46.3 Å². The highest BCUT2D eigenvalue weighted by Gasteiger charge is 2.06. The molecule has 19 heavy (non-hydrogen) atoms. The van der Waals surface area contributed by atoms with Crippen molar-refractivity contribution in [2.24, 2.45) is 0 Å². The lowest BCUT2D eigenvalue weighted by molar-refractivity contribution is 0.395. The minimum Gasteiger partial charge on any atom is -0.481 e. The predicted octanol–water partition coefficient (Wildman–Crippen LogP) is 3.95. The SMILES string of the molecule is COc1ccc(N)c(Sc2ccc(C(C)C)cc2)n1. The number of rotatable bonds is 4. The van der Waals surface area contributed by atoms with E-state index in [9.17, 15) is 0 Å². The van der Waals surface area contributed by atoms with Crippen molar-refractivity contribution < 1.29 is 4.74 Å². The highest BCUT2D eigenvalue weighted by molar-refractivity contribution is 7.99. The quantitative estimate of drug-likeness (QED) is 0.917. The Kier molecular flexibility index (Phi) is 4.32. The normalized spacial score (nSPS) is 10.7. The molecule has 1 aromatic carbocycles. The van der Waals surface area contributed by atoms with Crippen molar-refractivity contribution in [2.75, 3.05) is 12.8 Å². The fraction of sp³-hybridized carbons (Fsp3) is 0.267. The van der Waals surface area contributed by atoms with Crippen molar-refractivity contribution >= 4 is 17.4 Å². The molecule has 2 rings (SSSR count). The molecule has 0 radical (unpaired) electrons. The van der Waals surface area contributed by atoms with Gasteiger partial charge in [0.05, 0.1) is 12.8 Å². The number of nitrogens with zero attached hydrogens (tertiary/aromatic N) is 1. The molecule has 0 aliphatic heterocycles. The number of hydrogen-bond acceptors (Lipinski definition) is 4. The summed E-state index contributed by atoms with van der Waals surface area (Å²) in [5, 5.41) is 0.775. The van der Waals surface area contributed by atoms with Crippen LogP contribution in [-0.2, 0) is 0 Å². The Bertz CT molecular complexity index is 553. The number of nitrogen functional groups attached to an aromatic ring is 1. The number of pyridine rings is 1. The van der Waals surface area contributed by atoms with Gasteiger partial charge in [0.1, 0.15) is 5.03 Å². The molecule has 2 N–H and O–H groups in total. The lowest BCUT2D eigenvalue weighted by atomic mass is 10.0. The van der Waals surface area contributed by atoms with Gasteiger partial charge in [0.15, 0.2) is 0 Å². The zero-order valence-electron chi connectivity index (χ0n) is 11.4. The second-order valence-electron chi connectivity index (χ2n) is 4.57.